The third-order valence-electron chi connectivity index (χ3n) is 3.67. The summed E-state index contributed by atoms with van der Waals surface area (Å²) in [5.74, 6) is -3.44. The lowest BCUT2D eigenvalue weighted by atomic mass is 10.1. The number of aliphatic hydroxyl groups is 1. The molecular weight excluding hydrogens is 298 g/mol. The van der Waals surface area contributed by atoms with Gasteiger partial charge in [-0.05, 0) is 20.8 Å². The zero-order valence-electron chi connectivity index (χ0n) is 13.0. The van der Waals surface area contributed by atoms with Crippen molar-refractivity contribution in [3.05, 3.63) is 0 Å². The maximum Gasteiger partial charge on any atom is 0.411 e. The Labute approximate surface area is 128 Å². The fourth-order valence-electron chi connectivity index (χ4n) is 2.70. The van der Waals surface area contributed by atoms with Crippen molar-refractivity contribution < 1.29 is 28.2 Å². The van der Waals surface area contributed by atoms with Crippen molar-refractivity contribution in [1.29, 1.82) is 0 Å². The van der Waals surface area contributed by atoms with Crippen molar-refractivity contribution in [1.82, 2.24) is 9.80 Å². The number of halogens is 2. The van der Waals surface area contributed by atoms with Crippen molar-refractivity contribution in [3.63, 3.8) is 0 Å². The quantitative estimate of drug-likeness (QED) is 0.789. The Balaban J connectivity index is 2.07. The van der Waals surface area contributed by atoms with Crippen LogP contribution in [0.4, 0.5) is 13.6 Å². The molecule has 2 saturated heterocycles. The number of alkyl halides is 2. The average molecular weight is 320 g/mol. The van der Waals surface area contributed by atoms with E-state index in [4.69, 9.17) is 4.74 Å². The minimum atomic E-state index is -2.89. The van der Waals surface area contributed by atoms with Gasteiger partial charge < -0.3 is 14.7 Å². The van der Waals surface area contributed by atoms with Gasteiger partial charge in [0.1, 0.15) is 11.6 Å². The normalized spacial score (nSPS) is 28.1. The second-order valence-electron chi connectivity index (χ2n) is 6.90. The summed E-state index contributed by atoms with van der Waals surface area (Å²) in [6, 6.07) is -0.946. The van der Waals surface area contributed by atoms with Gasteiger partial charge in [0.2, 0.25) is 5.91 Å². The van der Waals surface area contributed by atoms with Gasteiger partial charge in [0.15, 0.2) is 0 Å². The van der Waals surface area contributed by atoms with Crippen LogP contribution in [0.3, 0.4) is 0 Å². The fourth-order valence-corrected chi connectivity index (χ4v) is 2.70. The summed E-state index contributed by atoms with van der Waals surface area (Å²) in [6.45, 7) is 4.36. The van der Waals surface area contributed by atoms with Gasteiger partial charge in [-0.1, -0.05) is 0 Å². The molecule has 2 aliphatic rings. The van der Waals surface area contributed by atoms with E-state index < -0.39 is 42.2 Å². The Bertz CT molecular complexity index is 464. The molecule has 1 N–H and O–H groups in total. The third kappa shape index (κ3) is 3.85. The highest BCUT2D eigenvalue weighted by Crippen LogP contribution is 2.30. The fraction of sp³-hybridized carbons (Fsp3) is 0.857. The number of carbonyl (C=O) groups excluding carboxylic acids is 2. The van der Waals surface area contributed by atoms with Crippen molar-refractivity contribution in [3.8, 4) is 0 Å². The van der Waals surface area contributed by atoms with E-state index in [2.05, 4.69) is 0 Å². The zero-order valence-corrected chi connectivity index (χ0v) is 13.0. The largest absolute Gasteiger partial charge is 0.444 e. The molecule has 8 heteroatoms. The molecule has 2 atom stereocenters. The first-order valence-corrected chi connectivity index (χ1v) is 7.33. The predicted octanol–water partition coefficient (Wildman–Crippen LogP) is 1.22. The maximum absolute atomic E-state index is 13.2. The molecule has 0 radical (unpaired) electrons. The summed E-state index contributed by atoms with van der Waals surface area (Å²) in [6.07, 6.45) is -1.90. The van der Waals surface area contributed by atoms with Crippen LogP contribution >= 0.6 is 0 Å². The van der Waals surface area contributed by atoms with Gasteiger partial charge in [-0.25, -0.2) is 13.6 Å². The molecule has 0 aromatic carbocycles. The van der Waals surface area contributed by atoms with Gasteiger partial charge in [0, 0.05) is 19.4 Å². The molecule has 22 heavy (non-hydrogen) atoms. The maximum atomic E-state index is 13.2. The Morgan fingerprint density at radius 1 is 1.32 bits per heavy atom. The zero-order chi connectivity index (χ0) is 16.7. The first kappa shape index (κ1) is 16.9. The van der Waals surface area contributed by atoms with Crippen molar-refractivity contribution in [2.45, 2.75) is 57.3 Å². The van der Waals surface area contributed by atoms with Crippen LogP contribution in [0.5, 0.6) is 0 Å². The lowest BCUT2D eigenvalue weighted by Crippen LogP contribution is -2.48. The van der Waals surface area contributed by atoms with Gasteiger partial charge in [-0.2, -0.15) is 0 Å². The summed E-state index contributed by atoms with van der Waals surface area (Å²) in [5.41, 5.74) is -0.737. The molecule has 6 nitrogen and oxygen atoms in total. The highest BCUT2D eigenvalue weighted by Gasteiger charge is 2.47. The monoisotopic (exact) mass is 320 g/mol. The molecular formula is C14H22F2N2O4. The van der Waals surface area contributed by atoms with E-state index in [1.807, 2.05) is 0 Å². The molecule has 0 aliphatic carbocycles. The van der Waals surface area contributed by atoms with Crippen LogP contribution in [0.1, 0.15) is 33.6 Å². The number of rotatable bonds is 1. The summed E-state index contributed by atoms with van der Waals surface area (Å²) >= 11 is 0. The second-order valence-corrected chi connectivity index (χ2v) is 6.90. The Hall–Kier alpha value is -1.44. The summed E-state index contributed by atoms with van der Waals surface area (Å²) in [4.78, 5) is 26.7. The van der Waals surface area contributed by atoms with E-state index in [0.29, 0.717) is 0 Å². The van der Waals surface area contributed by atoms with Crippen molar-refractivity contribution >= 4 is 12.0 Å². The van der Waals surface area contributed by atoms with Crippen LogP contribution in [0, 0.1) is 0 Å². The molecule has 2 heterocycles. The van der Waals surface area contributed by atoms with Gasteiger partial charge in [-0.15, -0.1) is 0 Å². The van der Waals surface area contributed by atoms with Crippen LogP contribution in [0.2, 0.25) is 0 Å². The smallest absolute Gasteiger partial charge is 0.411 e. The predicted molar refractivity (Wildman–Crippen MR) is 73.5 cm³/mol. The van der Waals surface area contributed by atoms with Crippen molar-refractivity contribution in [2.75, 3.05) is 19.6 Å². The molecule has 126 valence electrons. The lowest BCUT2D eigenvalue weighted by Gasteiger charge is -2.29. The number of hydrogen-bond acceptors (Lipinski definition) is 4. The molecule has 0 aromatic heterocycles. The van der Waals surface area contributed by atoms with Crippen LogP contribution in [0.25, 0.3) is 0 Å². The van der Waals surface area contributed by atoms with Gasteiger partial charge in [0.25, 0.3) is 5.92 Å². The molecule has 0 bridgehead atoms. The highest BCUT2D eigenvalue weighted by atomic mass is 19.3. The average Bonchev–Trinajstić information content (AvgIpc) is 2.89. The summed E-state index contributed by atoms with van der Waals surface area (Å²) in [7, 11) is 0. The van der Waals surface area contributed by atoms with Gasteiger partial charge in [-0.3, -0.25) is 9.69 Å². The van der Waals surface area contributed by atoms with Crippen LogP contribution < -0.4 is 0 Å². The number of aliphatic hydroxyl groups excluding tert-OH is 1. The number of hydrogen-bond donors (Lipinski definition) is 1. The number of likely N-dealkylation sites (tertiary alicyclic amines) is 2. The summed E-state index contributed by atoms with van der Waals surface area (Å²) in [5, 5.41) is 9.74. The number of carbonyl (C=O) groups is 2. The van der Waals surface area contributed by atoms with Crippen molar-refractivity contribution in [2.24, 2.45) is 0 Å². The van der Waals surface area contributed by atoms with E-state index in [-0.39, 0.29) is 25.9 Å². The molecule has 2 amide bonds. The minimum absolute atomic E-state index is 0.0322. The van der Waals surface area contributed by atoms with E-state index >= 15 is 0 Å². The van der Waals surface area contributed by atoms with Crippen LogP contribution in [0.15, 0.2) is 0 Å². The highest BCUT2D eigenvalue weighted by molar-refractivity contribution is 5.86. The number of nitrogens with zero attached hydrogens (tertiary/aromatic N) is 2. The second kappa shape index (κ2) is 5.64. The molecule has 2 aliphatic heterocycles. The SMILES string of the molecule is CC(C)(C)OC(=O)N1C[C@H](O)C[C@H]1C(=O)N1CCC(F)(F)C1. The molecule has 0 saturated carbocycles. The Morgan fingerprint density at radius 3 is 2.45 bits per heavy atom. The lowest BCUT2D eigenvalue weighted by molar-refractivity contribution is -0.136. The first-order valence-electron chi connectivity index (χ1n) is 7.33. The van der Waals surface area contributed by atoms with E-state index in [0.717, 1.165) is 9.80 Å². The number of ether oxygens (including phenoxy) is 1. The van der Waals surface area contributed by atoms with Gasteiger partial charge in [0.05, 0.1) is 19.2 Å². The Morgan fingerprint density at radius 2 is 1.95 bits per heavy atom. The summed E-state index contributed by atoms with van der Waals surface area (Å²) < 4.78 is 31.7. The van der Waals surface area contributed by atoms with E-state index in [1.165, 1.54) is 0 Å². The molecule has 0 unspecified atom stereocenters. The topological polar surface area (TPSA) is 70.1 Å². The first-order chi connectivity index (χ1) is 9.98. The van der Waals surface area contributed by atoms with Gasteiger partial charge >= 0.3 is 6.09 Å². The van der Waals surface area contributed by atoms with Crippen LogP contribution in [-0.4, -0.2) is 70.2 Å². The molecule has 0 aromatic rings. The standard InChI is InChI=1S/C14H22F2N2O4/c1-13(2,3)22-12(21)18-7-9(19)6-10(18)11(20)17-5-4-14(15,16)8-17/h9-10,19H,4-8H2,1-3H3/t9-,10+/m1/s1. The molecule has 0 spiro atoms. The number of amides is 2. The third-order valence-corrected chi connectivity index (χ3v) is 3.67. The minimum Gasteiger partial charge on any atom is -0.444 e. The Kier molecular flexibility index (Phi) is 4.34. The van der Waals surface area contributed by atoms with E-state index in [1.54, 1.807) is 20.8 Å². The number of β-amino-alcohol motifs (C(OH)–C–C–N with tert-alkyl or cyclic N) is 1. The van der Waals surface area contributed by atoms with Crippen LogP contribution in [-0.2, 0) is 9.53 Å². The molecule has 2 fully saturated rings. The molecule has 2 rings (SSSR count). The van der Waals surface area contributed by atoms with E-state index in [9.17, 15) is 23.5 Å².